The highest BCUT2D eigenvalue weighted by molar-refractivity contribution is 8.76. The molecule has 1 aliphatic heterocycles. The molecule has 0 radical (unpaired) electrons. The third kappa shape index (κ3) is 9.77. The van der Waals surface area contributed by atoms with Crippen LogP contribution in [0, 0.1) is 0 Å². The second kappa shape index (κ2) is 15.1. The Morgan fingerprint density at radius 2 is 1.62 bits per heavy atom. The van der Waals surface area contributed by atoms with E-state index in [1.165, 1.54) is 33.7 Å². The number of phenols is 1. The average molecular weight is 589 g/mol. The van der Waals surface area contributed by atoms with Gasteiger partial charge in [-0.05, 0) is 29.7 Å². The summed E-state index contributed by atoms with van der Waals surface area (Å²) in [5.74, 6) is -2.87. The van der Waals surface area contributed by atoms with Gasteiger partial charge < -0.3 is 37.8 Å². The summed E-state index contributed by atoms with van der Waals surface area (Å²) in [5.41, 5.74) is 13.1. The molecule has 12 nitrogen and oxygen atoms in total. The minimum atomic E-state index is -1.03. The van der Waals surface area contributed by atoms with Gasteiger partial charge in [0.1, 0.15) is 23.9 Å². The van der Waals surface area contributed by atoms with Crippen molar-refractivity contribution in [1.29, 1.82) is 0 Å². The van der Waals surface area contributed by atoms with Crippen LogP contribution in [0.5, 0.6) is 5.75 Å². The molecule has 40 heavy (non-hydrogen) atoms. The van der Waals surface area contributed by atoms with E-state index in [9.17, 15) is 29.1 Å². The van der Waals surface area contributed by atoms with Crippen LogP contribution in [0.4, 0.5) is 0 Å². The average Bonchev–Trinajstić information content (AvgIpc) is 2.93. The van der Waals surface area contributed by atoms with Gasteiger partial charge in [0.15, 0.2) is 0 Å². The number of rotatable bonds is 7. The summed E-state index contributed by atoms with van der Waals surface area (Å²) in [7, 11) is 2.39. The molecule has 0 aliphatic carbocycles. The Hall–Kier alpha value is -3.75. The van der Waals surface area contributed by atoms with E-state index in [4.69, 9.17) is 11.5 Å². The SMILES string of the molecule is NC(=O)C1CSSCC(NC(=O)C(N)Cc2ccc(O)cc2)C(=O)NCC(=O)NC(Cc2ccccc2)C(=O)N1. The third-order valence-corrected chi connectivity index (χ3v) is 8.35. The first-order valence-corrected chi connectivity index (χ1v) is 14.9. The van der Waals surface area contributed by atoms with E-state index in [-0.39, 0.29) is 30.1 Å². The number of amides is 5. The molecule has 1 aliphatic rings. The number of carbonyl (C=O) groups is 5. The van der Waals surface area contributed by atoms with Gasteiger partial charge in [-0.1, -0.05) is 64.1 Å². The number of phenolic OH excluding ortho intramolecular Hbond substituents is 1. The van der Waals surface area contributed by atoms with Gasteiger partial charge in [0.25, 0.3) is 0 Å². The molecule has 0 aromatic heterocycles. The molecule has 3 rings (SSSR count). The lowest BCUT2D eigenvalue weighted by Crippen LogP contribution is -2.57. The van der Waals surface area contributed by atoms with Crippen LogP contribution in [0.25, 0.3) is 0 Å². The quantitative estimate of drug-likeness (QED) is 0.197. The first-order valence-electron chi connectivity index (χ1n) is 12.4. The highest BCUT2D eigenvalue weighted by Crippen LogP contribution is 2.23. The summed E-state index contributed by atoms with van der Waals surface area (Å²) >= 11 is 0. The normalized spacial score (nSPS) is 21.6. The Morgan fingerprint density at radius 3 is 2.30 bits per heavy atom. The molecule has 1 saturated heterocycles. The molecule has 0 bridgehead atoms. The highest BCUT2D eigenvalue weighted by atomic mass is 33.1. The Morgan fingerprint density at radius 1 is 0.950 bits per heavy atom. The van der Waals surface area contributed by atoms with Gasteiger partial charge in [0.2, 0.25) is 29.5 Å². The predicted molar refractivity (Wildman–Crippen MR) is 153 cm³/mol. The molecule has 4 unspecified atom stereocenters. The number of aromatic hydroxyl groups is 1. The topological polar surface area (TPSA) is 206 Å². The van der Waals surface area contributed by atoms with Crippen molar-refractivity contribution in [2.24, 2.45) is 11.5 Å². The molecule has 2 aromatic rings. The van der Waals surface area contributed by atoms with Gasteiger partial charge in [-0.3, -0.25) is 24.0 Å². The Balaban J connectivity index is 1.70. The summed E-state index contributed by atoms with van der Waals surface area (Å²) < 4.78 is 0. The van der Waals surface area contributed by atoms with Crippen molar-refractivity contribution in [2.45, 2.75) is 37.0 Å². The molecule has 4 atom stereocenters. The van der Waals surface area contributed by atoms with E-state index >= 15 is 0 Å². The van der Waals surface area contributed by atoms with Crippen molar-refractivity contribution in [1.82, 2.24) is 21.3 Å². The Labute approximate surface area is 239 Å². The van der Waals surface area contributed by atoms with Crippen molar-refractivity contribution in [3.63, 3.8) is 0 Å². The van der Waals surface area contributed by atoms with Crippen LogP contribution in [0.2, 0.25) is 0 Å². The molecule has 1 heterocycles. The number of nitrogens with two attached hydrogens (primary N) is 2. The van der Waals surface area contributed by atoms with Crippen LogP contribution in [-0.4, -0.2) is 76.9 Å². The maximum atomic E-state index is 13.0. The fraction of sp³-hybridized carbons (Fsp3) is 0.346. The fourth-order valence-electron chi connectivity index (χ4n) is 3.73. The molecule has 1 fully saturated rings. The lowest BCUT2D eigenvalue weighted by Gasteiger charge is -2.24. The van der Waals surface area contributed by atoms with E-state index in [1.807, 2.05) is 6.07 Å². The number of benzene rings is 2. The standard InChI is InChI=1S/C26H32N6O6S2/c27-18(10-16-6-8-17(33)9-7-16)24(36)32-21-14-40-39-13-20(23(28)35)31-26(38)19(11-15-4-2-1-3-5-15)30-22(34)12-29-25(21)37/h1-9,18-21,33H,10-14,27H2,(H2,28,35)(H,29,37)(H,30,34)(H,31,38)(H,32,36). The molecule has 0 spiro atoms. The molecular formula is C26H32N6O6S2. The van der Waals surface area contributed by atoms with Crippen LogP contribution in [0.1, 0.15) is 11.1 Å². The maximum absolute atomic E-state index is 13.0. The van der Waals surface area contributed by atoms with Crippen molar-refractivity contribution >= 4 is 51.1 Å². The van der Waals surface area contributed by atoms with E-state index in [2.05, 4.69) is 21.3 Å². The zero-order valence-electron chi connectivity index (χ0n) is 21.5. The number of nitrogens with one attached hydrogen (secondary N) is 4. The van der Waals surface area contributed by atoms with Crippen LogP contribution in [-0.2, 0) is 36.8 Å². The minimum Gasteiger partial charge on any atom is -0.508 e. The lowest BCUT2D eigenvalue weighted by molar-refractivity contribution is -0.132. The minimum absolute atomic E-state index is 0.0845. The first-order chi connectivity index (χ1) is 19.1. The van der Waals surface area contributed by atoms with Crippen LogP contribution in [0.3, 0.4) is 0 Å². The van der Waals surface area contributed by atoms with Crippen LogP contribution < -0.4 is 32.7 Å². The van der Waals surface area contributed by atoms with Gasteiger partial charge in [0, 0.05) is 17.9 Å². The maximum Gasteiger partial charge on any atom is 0.243 e. The molecular weight excluding hydrogens is 556 g/mol. The van der Waals surface area contributed by atoms with Crippen LogP contribution in [0.15, 0.2) is 54.6 Å². The van der Waals surface area contributed by atoms with Crippen molar-refractivity contribution < 1.29 is 29.1 Å². The van der Waals surface area contributed by atoms with Gasteiger partial charge >= 0.3 is 0 Å². The number of primary amides is 1. The van der Waals surface area contributed by atoms with Crippen molar-refractivity contribution in [3.8, 4) is 5.75 Å². The first kappa shape index (κ1) is 30.8. The van der Waals surface area contributed by atoms with E-state index in [0.717, 1.165) is 11.1 Å². The van der Waals surface area contributed by atoms with Crippen molar-refractivity contribution in [2.75, 3.05) is 18.1 Å². The number of hydrogen-bond donors (Lipinski definition) is 7. The third-order valence-electron chi connectivity index (χ3n) is 5.93. The number of carbonyl (C=O) groups excluding carboxylic acids is 5. The molecule has 5 amide bonds. The van der Waals surface area contributed by atoms with Crippen LogP contribution >= 0.6 is 21.6 Å². The monoisotopic (exact) mass is 588 g/mol. The van der Waals surface area contributed by atoms with Crippen molar-refractivity contribution in [3.05, 3.63) is 65.7 Å². The summed E-state index contributed by atoms with van der Waals surface area (Å²) in [6, 6.07) is 11.2. The van der Waals surface area contributed by atoms with E-state index in [1.54, 1.807) is 36.4 Å². The second-order valence-electron chi connectivity index (χ2n) is 9.10. The Bertz CT molecular complexity index is 1200. The highest BCUT2D eigenvalue weighted by Gasteiger charge is 2.29. The smallest absolute Gasteiger partial charge is 0.243 e. The Kier molecular flexibility index (Phi) is 11.7. The van der Waals surface area contributed by atoms with E-state index in [0.29, 0.717) is 0 Å². The van der Waals surface area contributed by atoms with Gasteiger partial charge in [-0.15, -0.1) is 0 Å². The molecule has 9 N–H and O–H groups in total. The van der Waals surface area contributed by atoms with Gasteiger partial charge in [-0.2, -0.15) is 0 Å². The summed E-state index contributed by atoms with van der Waals surface area (Å²) in [4.78, 5) is 63.4. The molecule has 2 aromatic carbocycles. The fourth-order valence-corrected chi connectivity index (χ4v) is 6.08. The largest absolute Gasteiger partial charge is 0.508 e. The van der Waals surface area contributed by atoms with E-state index < -0.39 is 60.2 Å². The zero-order chi connectivity index (χ0) is 29.1. The molecule has 214 valence electrons. The molecule has 14 heteroatoms. The second-order valence-corrected chi connectivity index (χ2v) is 11.7. The lowest BCUT2D eigenvalue weighted by atomic mass is 10.0. The molecule has 0 saturated carbocycles. The summed E-state index contributed by atoms with van der Waals surface area (Å²) in [6.07, 6.45) is 0.324. The summed E-state index contributed by atoms with van der Waals surface area (Å²) in [6.45, 7) is -0.444. The zero-order valence-corrected chi connectivity index (χ0v) is 23.1. The van der Waals surface area contributed by atoms with Gasteiger partial charge in [0.05, 0.1) is 12.6 Å². The van der Waals surface area contributed by atoms with Gasteiger partial charge in [-0.25, -0.2) is 0 Å². The summed E-state index contributed by atoms with van der Waals surface area (Å²) in [5, 5.41) is 19.8. The number of hydrogen-bond acceptors (Lipinski definition) is 9. The predicted octanol–water partition coefficient (Wildman–Crippen LogP) is -1.04.